The molecule has 1 atom stereocenters. The molecule has 0 saturated carbocycles. The number of thiophene rings is 1. The van der Waals surface area contributed by atoms with Gasteiger partial charge in [-0.15, -0.1) is 11.3 Å². The van der Waals surface area contributed by atoms with E-state index < -0.39 is 0 Å². The lowest BCUT2D eigenvalue weighted by atomic mass is 10.1. The second-order valence-corrected chi connectivity index (χ2v) is 9.29. The molecule has 2 aromatic carbocycles. The third-order valence-electron chi connectivity index (χ3n) is 5.83. The van der Waals surface area contributed by atoms with Gasteiger partial charge in [-0.05, 0) is 44.3 Å². The number of hydrogen-bond donors (Lipinski definition) is 1. The van der Waals surface area contributed by atoms with E-state index in [2.05, 4.69) is 10.3 Å². The number of carbonyl (C=O) groups excluding carboxylic acids is 1. The molecule has 0 radical (unpaired) electrons. The van der Waals surface area contributed by atoms with Crippen LogP contribution < -0.4 is 15.6 Å². The number of nitrogens with one attached hydrogen (secondary N) is 1. The number of rotatable bonds is 8. The fraction of sp³-hybridized carbons (Fsp3) is 0.269. The Bertz CT molecular complexity index is 1360. The molecule has 2 aromatic heterocycles. The van der Waals surface area contributed by atoms with Gasteiger partial charge in [-0.3, -0.25) is 14.2 Å². The Balaban J connectivity index is 1.52. The summed E-state index contributed by atoms with van der Waals surface area (Å²) in [5.74, 6) is 0.520. The first-order valence-electron chi connectivity index (χ1n) is 11.0. The third kappa shape index (κ3) is 5.03. The minimum atomic E-state index is -0.245. The van der Waals surface area contributed by atoms with E-state index >= 15 is 0 Å². The van der Waals surface area contributed by atoms with Gasteiger partial charge in [-0.25, -0.2) is 4.98 Å². The molecule has 0 spiro atoms. The van der Waals surface area contributed by atoms with Crippen LogP contribution in [0.25, 0.3) is 21.3 Å². The number of fused-ring (bicyclic) bond motifs is 1. The summed E-state index contributed by atoms with van der Waals surface area (Å²) in [4.78, 5) is 33.2. The molecule has 176 valence electrons. The number of benzene rings is 2. The van der Waals surface area contributed by atoms with Gasteiger partial charge in [-0.1, -0.05) is 42.0 Å². The molecule has 1 unspecified atom stereocenters. The first kappa shape index (κ1) is 23.7. The van der Waals surface area contributed by atoms with Crippen molar-refractivity contribution in [3.05, 3.63) is 81.7 Å². The van der Waals surface area contributed by atoms with Crippen molar-refractivity contribution in [3.8, 4) is 16.9 Å². The molecule has 4 rings (SSSR count). The number of ether oxygens (including phenoxy) is 1. The molecular weight excluding hydrogens is 448 g/mol. The lowest BCUT2D eigenvalue weighted by molar-refractivity contribution is -0.121. The first-order valence-corrected chi connectivity index (χ1v) is 11.9. The van der Waals surface area contributed by atoms with Crippen molar-refractivity contribution < 1.29 is 9.53 Å². The van der Waals surface area contributed by atoms with Gasteiger partial charge in [-0.2, -0.15) is 0 Å². The molecule has 0 saturated heterocycles. The Kier molecular flexibility index (Phi) is 7.09. The van der Waals surface area contributed by atoms with Crippen LogP contribution in [0, 0.1) is 6.92 Å². The highest BCUT2D eigenvalue weighted by molar-refractivity contribution is 7.17. The Morgan fingerprint density at radius 2 is 1.97 bits per heavy atom. The summed E-state index contributed by atoms with van der Waals surface area (Å²) in [5, 5.41) is 5.46. The molecule has 1 amide bonds. The molecule has 4 aromatic rings. The molecule has 8 heteroatoms. The quantitative estimate of drug-likeness (QED) is 0.418. The average Bonchev–Trinajstić information content (AvgIpc) is 3.26. The van der Waals surface area contributed by atoms with Gasteiger partial charge in [0.1, 0.15) is 17.1 Å². The Morgan fingerprint density at radius 1 is 1.21 bits per heavy atom. The van der Waals surface area contributed by atoms with Gasteiger partial charge in [0.25, 0.3) is 5.56 Å². The number of likely N-dealkylation sites (N-methyl/N-ethyl adjacent to an activating group) is 1. The van der Waals surface area contributed by atoms with Gasteiger partial charge in [0.2, 0.25) is 5.91 Å². The number of nitrogens with zero attached hydrogens (tertiary/aromatic N) is 3. The highest BCUT2D eigenvalue weighted by atomic mass is 32.1. The van der Waals surface area contributed by atoms with E-state index in [0.717, 1.165) is 28.0 Å². The Labute approximate surface area is 202 Å². The van der Waals surface area contributed by atoms with E-state index in [-0.39, 0.29) is 24.1 Å². The van der Waals surface area contributed by atoms with E-state index in [4.69, 9.17) is 4.74 Å². The van der Waals surface area contributed by atoms with Gasteiger partial charge in [0.05, 0.1) is 24.9 Å². The molecule has 0 aliphatic rings. The fourth-order valence-corrected chi connectivity index (χ4v) is 4.80. The van der Waals surface area contributed by atoms with E-state index in [0.29, 0.717) is 16.8 Å². The fourth-order valence-electron chi connectivity index (χ4n) is 3.89. The van der Waals surface area contributed by atoms with Crippen molar-refractivity contribution in [2.24, 2.45) is 0 Å². The van der Waals surface area contributed by atoms with Crippen LogP contribution in [-0.4, -0.2) is 48.1 Å². The zero-order chi connectivity index (χ0) is 24.2. The highest BCUT2D eigenvalue weighted by Gasteiger charge is 2.18. The molecule has 34 heavy (non-hydrogen) atoms. The van der Waals surface area contributed by atoms with E-state index in [1.807, 2.05) is 79.8 Å². The lowest BCUT2D eigenvalue weighted by Gasteiger charge is -2.25. The predicted octanol–water partition coefficient (Wildman–Crippen LogP) is 3.86. The zero-order valence-corrected chi connectivity index (χ0v) is 20.6. The largest absolute Gasteiger partial charge is 0.497 e. The van der Waals surface area contributed by atoms with Crippen molar-refractivity contribution in [2.75, 3.05) is 27.7 Å². The number of aromatic nitrogens is 2. The second kappa shape index (κ2) is 10.2. The van der Waals surface area contributed by atoms with Crippen LogP contribution >= 0.6 is 11.3 Å². The number of carbonyl (C=O) groups is 1. The number of aryl methyl sites for hydroxylation is 1. The van der Waals surface area contributed by atoms with Crippen LogP contribution in [0.1, 0.15) is 17.2 Å². The van der Waals surface area contributed by atoms with Crippen molar-refractivity contribution in [2.45, 2.75) is 19.5 Å². The predicted molar refractivity (Wildman–Crippen MR) is 136 cm³/mol. The minimum absolute atomic E-state index is 0.0404. The summed E-state index contributed by atoms with van der Waals surface area (Å²) < 4.78 is 6.70. The van der Waals surface area contributed by atoms with Crippen molar-refractivity contribution >= 4 is 27.5 Å². The van der Waals surface area contributed by atoms with Crippen molar-refractivity contribution in [1.82, 2.24) is 19.8 Å². The summed E-state index contributed by atoms with van der Waals surface area (Å²) in [6.45, 7) is 2.33. The molecule has 0 bridgehead atoms. The molecule has 0 aliphatic heterocycles. The standard InChI is InChI=1S/C26H28N4O3S/c1-17-8-10-18(11-9-17)21-15-34-25-24(21)26(32)30(16-28-25)14-23(31)27-13-22(29(2)3)19-6-5-7-20(12-19)33-4/h5-12,15-16,22H,13-14H2,1-4H3,(H,27,31). The summed E-state index contributed by atoms with van der Waals surface area (Å²) in [6, 6.07) is 15.8. The smallest absolute Gasteiger partial charge is 0.263 e. The molecule has 0 fully saturated rings. The Morgan fingerprint density at radius 3 is 2.68 bits per heavy atom. The maximum absolute atomic E-state index is 13.3. The van der Waals surface area contributed by atoms with Crippen LogP contribution in [0.3, 0.4) is 0 Å². The van der Waals surface area contributed by atoms with E-state index in [1.54, 1.807) is 7.11 Å². The van der Waals surface area contributed by atoms with Crippen molar-refractivity contribution in [1.29, 1.82) is 0 Å². The topological polar surface area (TPSA) is 76.5 Å². The van der Waals surface area contributed by atoms with Gasteiger partial charge < -0.3 is 15.0 Å². The highest BCUT2D eigenvalue weighted by Crippen LogP contribution is 2.30. The van der Waals surface area contributed by atoms with Gasteiger partial charge in [0, 0.05) is 17.5 Å². The summed E-state index contributed by atoms with van der Waals surface area (Å²) in [5.41, 5.74) is 3.78. The van der Waals surface area contributed by atoms with Gasteiger partial charge in [0.15, 0.2) is 0 Å². The van der Waals surface area contributed by atoms with Crippen LogP contribution in [0.15, 0.2) is 65.0 Å². The van der Waals surface area contributed by atoms with Crippen LogP contribution in [0.2, 0.25) is 0 Å². The van der Waals surface area contributed by atoms with Crippen molar-refractivity contribution in [3.63, 3.8) is 0 Å². The van der Waals surface area contributed by atoms with E-state index in [1.165, 1.54) is 22.2 Å². The maximum atomic E-state index is 13.3. The van der Waals surface area contributed by atoms with Gasteiger partial charge >= 0.3 is 0 Å². The molecule has 2 heterocycles. The average molecular weight is 477 g/mol. The first-order chi connectivity index (χ1) is 16.4. The number of methoxy groups -OCH3 is 1. The molecular formula is C26H28N4O3S. The zero-order valence-electron chi connectivity index (χ0n) is 19.7. The molecule has 7 nitrogen and oxygen atoms in total. The molecule has 0 aliphatic carbocycles. The lowest BCUT2D eigenvalue weighted by Crippen LogP contribution is -2.37. The van der Waals surface area contributed by atoms with Crippen LogP contribution in [-0.2, 0) is 11.3 Å². The second-order valence-electron chi connectivity index (χ2n) is 8.43. The van der Waals surface area contributed by atoms with Crippen LogP contribution in [0.5, 0.6) is 5.75 Å². The normalized spacial score (nSPS) is 12.1. The Hall–Kier alpha value is -3.49. The van der Waals surface area contributed by atoms with E-state index in [9.17, 15) is 9.59 Å². The number of amides is 1. The summed E-state index contributed by atoms with van der Waals surface area (Å²) >= 11 is 1.43. The SMILES string of the molecule is COc1cccc(C(CNC(=O)Cn2cnc3scc(-c4ccc(C)cc4)c3c2=O)N(C)C)c1. The monoisotopic (exact) mass is 476 g/mol. The molecule has 1 N–H and O–H groups in total. The van der Waals surface area contributed by atoms with Crippen LogP contribution in [0.4, 0.5) is 0 Å². The third-order valence-corrected chi connectivity index (χ3v) is 6.72. The minimum Gasteiger partial charge on any atom is -0.497 e. The maximum Gasteiger partial charge on any atom is 0.263 e. The number of hydrogen-bond acceptors (Lipinski definition) is 6. The summed E-state index contributed by atoms with van der Waals surface area (Å²) in [6.07, 6.45) is 1.45. The summed E-state index contributed by atoms with van der Waals surface area (Å²) in [7, 11) is 5.55.